The second-order valence-corrected chi connectivity index (χ2v) is 4.33. The first-order valence-corrected chi connectivity index (χ1v) is 6.32. The van der Waals surface area contributed by atoms with Gasteiger partial charge in [0.25, 0.3) is 5.91 Å². The molecule has 0 fully saturated rings. The molecule has 114 valence electrons. The molecule has 0 bridgehead atoms. The minimum Gasteiger partial charge on any atom is -0.482 e. The quantitative estimate of drug-likeness (QED) is 0.467. The highest BCUT2D eigenvalue weighted by Crippen LogP contribution is 2.28. The zero-order valence-electron chi connectivity index (χ0n) is 11.2. The van der Waals surface area contributed by atoms with Crippen LogP contribution in [0.1, 0.15) is 23.7 Å². The summed E-state index contributed by atoms with van der Waals surface area (Å²) in [6.45, 7) is 1.22. The van der Waals surface area contributed by atoms with E-state index in [0.717, 1.165) is 12.1 Å². The molecule has 0 saturated carbocycles. The Hall–Kier alpha value is -2.15. The molecular formula is C13H13ClFNO5. The number of carbonyl (C=O) groups excluding carboxylic acids is 3. The number of ketones is 1. The van der Waals surface area contributed by atoms with E-state index in [4.69, 9.17) is 22.1 Å². The van der Waals surface area contributed by atoms with Crippen molar-refractivity contribution < 1.29 is 28.2 Å². The lowest BCUT2D eigenvalue weighted by atomic mass is 10.1. The van der Waals surface area contributed by atoms with Gasteiger partial charge in [0.15, 0.2) is 12.4 Å². The Morgan fingerprint density at radius 1 is 1.33 bits per heavy atom. The van der Waals surface area contributed by atoms with Gasteiger partial charge in [0.1, 0.15) is 18.0 Å². The van der Waals surface area contributed by atoms with Gasteiger partial charge in [0, 0.05) is 0 Å². The van der Waals surface area contributed by atoms with Gasteiger partial charge in [-0.1, -0.05) is 11.6 Å². The number of primary amides is 1. The Morgan fingerprint density at radius 3 is 2.57 bits per heavy atom. The van der Waals surface area contributed by atoms with Crippen LogP contribution in [0.2, 0.25) is 5.02 Å². The first-order chi connectivity index (χ1) is 9.85. The molecule has 0 aliphatic rings. The molecule has 0 atom stereocenters. The molecule has 6 nitrogen and oxygen atoms in total. The molecule has 2 N–H and O–H groups in total. The summed E-state index contributed by atoms with van der Waals surface area (Å²) in [6.07, 6.45) is -0.609. The molecule has 0 aliphatic heterocycles. The summed E-state index contributed by atoms with van der Waals surface area (Å²) in [4.78, 5) is 33.7. The lowest BCUT2D eigenvalue weighted by Gasteiger charge is -2.09. The predicted molar refractivity (Wildman–Crippen MR) is 71.7 cm³/mol. The van der Waals surface area contributed by atoms with E-state index in [1.807, 2.05) is 0 Å². The zero-order chi connectivity index (χ0) is 16.0. The van der Waals surface area contributed by atoms with E-state index in [-0.39, 0.29) is 22.9 Å². The fourth-order valence-electron chi connectivity index (χ4n) is 1.44. The first kappa shape index (κ1) is 16.9. The average molecular weight is 318 g/mol. The van der Waals surface area contributed by atoms with Crippen LogP contribution in [0, 0.1) is 5.82 Å². The van der Waals surface area contributed by atoms with Gasteiger partial charge in [-0.15, -0.1) is 0 Å². The third kappa shape index (κ3) is 5.03. The van der Waals surface area contributed by atoms with E-state index in [2.05, 4.69) is 4.74 Å². The van der Waals surface area contributed by atoms with Crippen molar-refractivity contribution in [1.29, 1.82) is 0 Å². The number of esters is 1. The molecule has 0 aromatic heterocycles. The molecular weight excluding hydrogens is 305 g/mol. The van der Waals surface area contributed by atoms with Gasteiger partial charge in [0.05, 0.1) is 17.2 Å². The third-order valence-electron chi connectivity index (χ3n) is 2.30. The normalized spacial score (nSPS) is 10.0. The zero-order valence-corrected chi connectivity index (χ0v) is 11.9. The minimum atomic E-state index is -0.902. The molecule has 0 spiro atoms. The van der Waals surface area contributed by atoms with Crippen LogP contribution < -0.4 is 10.5 Å². The lowest BCUT2D eigenvalue weighted by molar-refractivity contribution is -0.142. The van der Waals surface area contributed by atoms with E-state index in [1.54, 1.807) is 6.92 Å². The lowest BCUT2D eigenvalue weighted by Crippen LogP contribution is -2.20. The number of benzene rings is 1. The molecule has 0 radical (unpaired) electrons. The second kappa shape index (κ2) is 7.58. The van der Waals surface area contributed by atoms with Crippen LogP contribution in [0.15, 0.2) is 12.1 Å². The molecule has 1 rings (SSSR count). The number of hydrogen-bond donors (Lipinski definition) is 1. The van der Waals surface area contributed by atoms with Crippen molar-refractivity contribution in [1.82, 2.24) is 0 Å². The average Bonchev–Trinajstić information content (AvgIpc) is 2.37. The van der Waals surface area contributed by atoms with Crippen LogP contribution in [0.4, 0.5) is 4.39 Å². The Bertz CT molecular complexity index is 576. The molecule has 8 heteroatoms. The molecule has 1 aromatic carbocycles. The number of carbonyl (C=O) groups is 3. The van der Waals surface area contributed by atoms with Crippen molar-refractivity contribution in [2.45, 2.75) is 13.3 Å². The maximum atomic E-state index is 13.7. The number of ether oxygens (including phenoxy) is 2. The van der Waals surface area contributed by atoms with Crippen molar-refractivity contribution in [2.75, 3.05) is 13.2 Å². The molecule has 0 unspecified atom stereocenters. The SMILES string of the molecule is CCOC(=O)CC(=O)c1cc(OCC(N)=O)c(Cl)cc1F. The van der Waals surface area contributed by atoms with Crippen LogP contribution in [0.5, 0.6) is 5.75 Å². The fraction of sp³-hybridized carbons (Fsp3) is 0.308. The van der Waals surface area contributed by atoms with Crippen LogP contribution in [0.25, 0.3) is 0 Å². The number of nitrogens with two attached hydrogens (primary N) is 1. The molecule has 1 aromatic rings. The molecule has 0 aliphatic carbocycles. The highest BCUT2D eigenvalue weighted by atomic mass is 35.5. The molecule has 21 heavy (non-hydrogen) atoms. The van der Waals surface area contributed by atoms with Gasteiger partial charge in [0.2, 0.25) is 0 Å². The Kier molecular flexibility index (Phi) is 6.10. The monoisotopic (exact) mass is 317 g/mol. The van der Waals surface area contributed by atoms with Gasteiger partial charge in [-0.3, -0.25) is 14.4 Å². The van der Waals surface area contributed by atoms with Crippen molar-refractivity contribution in [3.63, 3.8) is 0 Å². The fourth-order valence-corrected chi connectivity index (χ4v) is 1.65. The highest BCUT2D eigenvalue weighted by molar-refractivity contribution is 6.32. The van der Waals surface area contributed by atoms with E-state index in [1.165, 1.54) is 0 Å². The Morgan fingerprint density at radius 2 is 2.00 bits per heavy atom. The summed E-state index contributed by atoms with van der Waals surface area (Å²) in [6, 6.07) is 1.87. The summed E-state index contributed by atoms with van der Waals surface area (Å²) in [5.74, 6) is -3.29. The number of hydrogen-bond acceptors (Lipinski definition) is 5. The Balaban J connectivity index is 2.95. The smallest absolute Gasteiger partial charge is 0.313 e. The summed E-state index contributed by atoms with van der Waals surface area (Å²) in [5.41, 5.74) is 4.53. The maximum Gasteiger partial charge on any atom is 0.313 e. The number of rotatable bonds is 7. The maximum absolute atomic E-state index is 13.7. The van der Waals surface area contributed by atoms with Crippen molar-refractivity contribution in [2.24, 2.45) is 5.73 Å². The van der Waals surface area contributed by atoms with Gasteiger partial charge >= 0.3 is 5.97 Å². The summed E-state index contributed by atoms with van der Waals surface area (Å²) in [5, 5.41) is -0.124. The summed E-state index contributed by atoms with van der Waals surface area (Å²) in [7, 11) is 0. The molecule has 1 amide bonds. The van der Waals surface area contributed by atoms with Gasteiger partial charge in [-0.2, -0.15) is 0 Å². The minimum absolute atomic E-state index is 0.0796. The standard InChI is InChI=1S/C13H13ClFNO5/c1-2-20-13(19)5-10(17)7-3-11(21-6-12(16)18)8(14)4-9(7)15/h3-4H,2,5-6H2,1H3,(H2,16,18). The van der Waals surface area contributed by atoms with Crippen LogP contribution >= 0.6 is 11.6 Å². The largest absolute Gasteiger partial charge is 0.482 e. The number of amides is 1. The molecule has 0 saturated heterocycles. The van der Waals surface area contributed by atoms with Crippen LogP contribution in [-0.2, 0) is 14.3 Å². The predicted octanol–water partition coefficient (Wildman–Crippen LogP) is 1.48. The van der Waals surface area contributed by atoms with Crippen molar-refractivity contribution in [3.8, 4) is 5.75 Å². The first-order valence-electron chi connectivity index (χ1n) is 5.94. The van der Waals surface area contributed by atoms with Crippen LogP contribution in [-0.4, -0.2) is 30.9 Å². The van der Waals surface area contributed by atoms with E-state index >= 15 is 0 Å². The summed E-state index contributed by atoms with van der Waals surface area (Å²) >= 11 is 5.73. The highest BCUT2D eigenvalue weighted by Gasteiger charge is 2.19. The van der Waals surface area contributed by atoms with E-state index in [0.29, 0.717) is 0 Å². The topological polar surface area (TPSA) is 95.7 Å². The Labute approximate surface area is 125 Å². The third-order valence-corrected chi connectivity index (χ3v) is 2.60. The van der Waals surface area contributed by atoms with Crippen molar-refractivity contribution in [3.05, 3.63) is 28.5 Å². The number of halogens is 2. The van der Waals surface area contributed by atoms with Gasteiger partial charge in [-0.05, 0) is 19.1 Å². The number of Topliss-reactive ketones (excluding diaryl/α,β-unsaturated/α-hetero) is 1. The van der Waals surface area contributed by atoms with E-state index in [9.17, 15) is 18.8 Å². The van der Waals surface area contributed by atoms with Crippen LogP contribution in [0.3, 0.4) is 0 Å². The van der Waals surface area contributed by atoms with Crippen molar-refractivity contribution >= 4 is 29.3 Å². The second-order valence-electron chi connectivity index (χ2n) is 3.92. The molecule has 0 heterocycles. The van der Waals surface area contributed by atoms with Gasteiger partial charge in [-0.25, -0.2) is 4.39 Å². The summed E-state index contributed by atoms with van der Waals surface area (Å²) < 4.78 is 23.3. The van der Waals surface area contributed by atoms with E-state index < -0.39 is 36.5 Å². The van der Waals surface area contributed by atoms with Gasteiger partial charge < -0.3 is 15.2 Å².